The predicted molar refractivity (Wildman–Crippen MR) is 103 cm³/mol. The van der Waals surface area contributed by atoms with E-state index < -0.39 is 11.9 Å². The van der Waals surface area contributed by atoms with Gasteiger partial charge in [-0.3, -0.25) is 9.59 Å². The average Bonchev–Trinajstić information content (AvgIpc) is 2.65. The summed E-state index contributed by atoms with van der Waals surface area (Å²) in [5.74, 6) is -1.48. The third-order valence-electron chi connectivity index (χ3n) is 3.97. The summed E-state index contributed by atoms with van der Waals surface area (Å²) in [5.41, 5.74) is 4.11. The molecular formula is C20H15ClN2O4. The molecule has 3 rings (SSSR count). The Morgan fingerprint density at radius 3 is 2.52 bits per heavy atom. The van der Waals surface area contributed by atoms with Crippen LogP contribution in [0, 0.1) is 0 Å². The van der Waals surface area contributed by atoms with E-state index in [1.165, 1.54) is 24.4 Å². The zero-order chi connectivity index (χ0) is 19.4. The Balaban J connectivity index is 1.83. The Hall–Kier alpha value is -3.38. The van der Waals surface area contributed by atoms with Gasteiger partial charge in [0.15, 0.2) is 0 Å². The molecule has 1 amide bonds. The van der Waals surface area contributed by atoms with E-state index in [1.807, 2.05) is 24.3 Å². The molecule has 0 spiro atoms. The number of phenols is 1. The molecule has 7 heteroatoms. The van der Waals surface area contributed by atoms with Crippen LogP contribution in [0.25, 0.3) is 10.8 Å². The number of phenolic OH excluding ortho intramolecular Hbond substituents is 1. The molecule has 3 aromatic carbocycles. The van der Waals surface area contributed by atoms with Crippen LogP contribution < -0.4 is 5.43 Å². The molecule has 0 bridgehead atoms. The van der Waals surface area contributed by atoms with Crippen molar-refractivity contribution < 1.29 is 19.8 Å². The van der Waals surface area contributed by atoms with Gasteiger partial charge in [0.05, 0.1) is 17.7 Å². The van der Waals surface area contributed by atoms with Crippen molar-refractivity contribution in [1.29, 1.82) is 0 Å². The van der Waals surface area contributed by atoms with Crippen LogP contribution in [0.15, 0.2) is 59.7 Å². The van der Waals surface area contributed by atoms with E-state index in [0.29, 0.717) is 5.56 Å². The molecule has 0 saturated heterocycles. The summed E-state index contributed by atoms with van der Waals surface area (Å²) in [6, 6.07) is 15.0. The second-order valence-corrected chi connectivity index (χ2v) is 6.20. The van der Waals surface area contributed by atoms with Gasteiger partial charge in [0.1, 0.15) is 5.75 Å². The maximum Gasteiger partial charge on any atom is 0.307 e. The number of hydrogen-bond acceptors (Lipinski definition) is 4. The van der Waals surface area contributed by atoms with E-state index in [4.69, 9.17) is 16.7 Å². The fourth-order valence-corrected chi connectivity index (χ4v) is 2.87. The molecule has 0 aromatic heterocycles. The Morgan fingerprint density at radius 2 is 1.81 bits per heavy atom. The number of amides is 1. The van der Waals surface area contributed by atoms with Crippen LogP contribution in [0.2, 0.25) is 5.02 Å². The van der Waals surface area contributed by atoms with Crippen molar-refractivity contribution in [3.05, 3.63) is 76.3 Å². The summed E-state index contributed by atoms with van der Waals surface area (Å²) < 4.78 is 0. The first-order valence-electron chi connectivity index (χ1n) is 8.00. The number of hydrazone groups is 1. The van der Waals surface area contributed by atoms with Crippen LogP contribution in [0.1, 0.15) is 21.5 Å². The lowest BCUT2D eigenvalue weighted by molar-refractivity contribution is -0.136. The molecule has 0 fully saturated rings. The number of carbonyl (C=O) groups excluding carboxylic acids is 1. The lowest BCUT2D eigenvalue weighted by Crippen LogP contribution is -2.17. The van der Waals surface area contributed by atoms with Crippen molar-refractivity contribution in [1.82, 2.24) is 5.43 Å². The van der Waals surface area contributed by atoms with E-state index >= 15 is 0 Å². The number of carboxylic acid groups (broad SMARTS) is 1. The van der Waals surface area contributed by atoms with Crippen LogP contribution in [0.4, 0.5) is 0 Å². The number of aromatic hydroxyl groups is 1. The van der Waals surface area contributed by atoms with E-state index in [1.54, 1.807) is 12.1 Å². The molecule has 3 N–H and O–H groups in total. The fraction of sp³-hybridized carbons (Fsp3) is 0.0500. The third kappa shape index (κ3) is 4.24. The number of nitrogens with zero attached hydrogens (tertiary/aromatic N) is 1. The lowest BCUT2D eigenvalue weighted by atomic mass is 9.98. The van der Waals surface area contributed by atoms with E-state index in [-0.39, 0.29) is 22.8 Å². The van der Waals surface area contributed by atoms with Gasteiger partial charge in [-0.1, -0.05) is 48.0 Å². The Labute approximate surface area is 159 Å². The molecule has 0 saturated carbocycles. The molecular weight excluding hydrogens is 368 g/mol. The van der Waals surface area contributed by atoms with Gasteiger partial charge in [-0.05, 0) is 34.5 Å². The molecule has 3 aromatic rings. The van der Waals surface area contributed by atoms with Gasteiger partial charge < -0.3 is 10.2 Å². The molecule has 0 aliphatic heterocycles. The number of fused-ring (bicyclic) bond motifs is 1. The summed E-state index contributed by atoms with van der Waals surface area (Å²) in [6.45, 7) is 0. The lowest BCUT2D eigenvalue weighted by Gasteiger charge is -2.07. The third-order valence-corrected chi connectivity index (χ3v) is 4.27. The van der Waals surface area contributed by atoms with E-state index in [0.717, 1.165) is 16.3 Å². The summed E-state index contributed by atoms with van der Waals surface area (Å²) in [7, 11) is 0. The molecule has 0 heterocycles. The van der Waals surface area contributed by atoms with Gasteiger partial charge in [0.25, 0.3) is 5.91 Å². The van der Waals surface area contributed by atoms with Crippen LogP contribution >= 0.6 is 11.6 Å². The summed E-state index contributed by atoms with van der Waals surface area (Å²) >= 11 is 5.79. The number of halogens is 1. The molecule has 6 nitrogen and oxygen atoms in total. The van der Waals surface area contributed by atoms with Crippen LogP contribution in [0.3, 0.4) is 0 Å². The molecule has 0 radical (unpaired) electrons. The SMILES string of the molecule is O=C(O)Cc1ccc(/C=N/NC(=O)c2ccc(O)c(Cl)c2)c2ccccc12. The highest BCUT2D eigenvalue weighted by Crippen LogP contribution is 2.24. The minimum absolute atomic E-state index is 0.0731. The van der Waals surface area contributed by atoms with E-state index in [2.05, 4.69) is 10.5 Å². The number of carbonyl (C=O) groups is 2. The summed E-state index contributed by atoms with van der Waals surface area (Å²) in [6.07, 6.45) is 1.42. The Morgan fingerprint density at radius 1 is 1.07 bits per heavy atom. The zero-order valence-electron chi connectivity index (χ0n) is 14.0. The summed E-state index contributed by atoms with van der Waals surface area (Å²) in [5, 5.41) is 24.1. The molecule has 0 aliphatic rings. The van der Waals surface area contributed by atoms with Gasteiger partial charge >= 0.3 is 5.97 Å². The van der Waals surface area contributed by atoms with Gasteiger partial charge in [0, 0.05) is 11.1 Å². The van der Waals surface area contributed by atoms with Crippen LogP contribution in [-0.2, 0) is 11.2 Å². The smallest absolute Gasteiger partial charge is 0.307 e. The number of benzene rings is 3. The number of carboxylic acids is 1. The van der Waals surface area contributed by atoms with Gasteiger partial charge in [-0.15, -0.1) is 0 Å². The number of nitrogens with one attached hydrogen (secondary N) is 1. The van der Waals surface area contributed by atoms with Crippen molar-refractivity contribution in [2.75, 3.05) is 0 Å². The molecule has 0 unspecified atom stereocenters. The monoisotopic (exact) mass is 382 g/mol. The summed E-state index contributed by atoms with van der Waals surface area (Å²) in [4.78, 5) is 23.1. The normalized spacial score (nSPS) is 11.0. The number of aliphatic carboxylic acids is 1. The standard InChI is InChI=1S/C20H15ClN2O4/c21-17-9-13(7-8-18(17)24)20(27)23-22-11-14-6-5-12(10-19(25)26)15-3-1-2-4-16(14)15/h1-9,11,24H,10H2,(H,23,27)(H,25,26)/b22-11+. The zero-order valence-corrected chi connectivity index (χ0v) is 14.8. The number of rotatable bonds is 5. The fourth-order valence-electron chi connectivity index (χ4n) is 2.69. The minimum atomic E-state index is -0.901. The average molecular weight is 383 g/mol. The first-order chi connectivity index (χ1) is 13.0. The topological polar surface area (TPSA) is 99.0 Å². The molecule has 0 atom stereocenters. The van der Waals surface area contributed by atoms with Gasteiger partial charge in [-0.25, -0.2) is 5.43 Å². The highest BCUT2D eigenvalue weighted by Gasteiger charge is 2.09. The second kappa shape index (κ2) is 7.88. The van der Waals surface area contributed by atoms with Crippen molar-refractivity contribution in [2.45, 2.75) is 6.42 Å². The maximum atomic E-state index is 12.1. The van der Waals surface area contributed by atoms with Gasteiger partial charge in [0.2, 0.25) is 0 Å². The molecule has 0 aliphatic carbocycles. The first kappa shape index (κ1) is 18.4. The van der Waals surface area contributed by atoms with Crippen molar-refractivity contribution in [3.8, 4) is 5.75 Å². The predicted octanol–water partition coefficient (Wildman–Crippen LogP) is 3.59. The van der Waals surface area contributed by atoms with Crippen molar-refractivity contribution >= 4 is 40.5 Å². The Bertz CT molecular complexity index is 1060. The molecule has 27 heavy (non-hydrogen) atoms. The van der Waals surface area contributed by atoms with Crippen molar-refractivity contribution in [3.63, 3.8) is 0 Å². The van der Waals surface area contributed by atoms with Crippen LogP contribution in [0.5, 0.6) is 5.75 Å². The largest absolute Gasteiger partial charge is 0.506 e. The van der Waals surface area contributed by atoms with Gasteiger partial charge in [-0.2, -0.15) is 5.10 Å². The minimum Gasteiger partial charge on any atom is -0.506 e. The second-order valence-electron chi connectivity index (χ2n) is 5.80. The van der Waals surface area contributed by atoms with E-state index in [9.17, 15) is 14.7 Å². The Kier molecular flexibility index (Phi) is 5.38. The highest BCUT2D eigenvalue weighted by molar-refractivity contribution is 6.32. The van der Waals surface area contributed by atoms with Crippen LogP contribution in [-0.4, -0.2) is 28.3 Å². The highest BCUT2D eigenvalue weighted by atomic mass is 35.5. The maximum absolute atomic E-state index is 12.1. The first-order valence-corrected chi connectivity index (χ1v) is 8.38. The molecule has 136 valence electrons. The van der Waals surface area contributed by atoms with Crippen molar-refractivity contribution in [2.24, 2.45) is 5.10 Å². The number of hydrogen-bond donors (Lipinski definition) is 3. The quantitative estimate of drug-likeness (QED) is 0.464.